The summed E-state index contributed by atoms with van der Waals surface area (Å²) in [5.74, 6) is -0.0184. The van der Waals surface area contributed by atoms with Crippen molar-refractivity contribution in [2.75, 3.05) is 26.2 Å². The van der Waals surface area contributed by atoms with Gasteiger partial charge in [0.1, 0.15) is 6.17 Å². The summed E-state index contributed by atoms with van der Waals surface area (Å²) in [6.07, 6.45) is 1.12. The van der Waals surface area contributed by atoms with Crippen molar-refractivity contribution >= 4 is 5.91 Å². The van der Waals surface area contributed by atoms with Gasteiger partial charge in [-0.25, -0.2) is 4.39 Å². The largest absolute Gasteiger partial charge is 0.340 e. The fraction of sp³-hybridized carbons (Fsp3) is 0.923. The van der Waals surface area contributed by atoms with Gasteiger partial charge in [-0.1, -0.05) is 27.7 Å². The van der Waals surface area contributed by atoms with Crippen molar-refractivity contribution in [1.29, 1.82) is 0 Å². The third-order valence-corrected chi connectivity index (χ3v) is 2.28. The molecule has 0 aliphatic carbocycles. The van der Waals surface area contributed by atoms with Crippen LogP contribution in [0.5, 0.6) is 0 Å². The minimum atomic E-state index is -0.783. The molecule has 2 heterocycles. The first kappa shape index (κ1) is 18.7. The summed E-state index contributed by atoms with van der Waals surface area (Å²) in [7, 11) is 0. The average molecular weight is 248 g/mol. The van der Waals surface area contributed by atoms with Crippen LogP contribution in [0.2, 0.25) is 0 Å². The zero-order valence-corrected chi connectivity index (χ0v) is 12.1. The van der Waals surface area contributed by atoms with Crippen molar-refractivity contribution in [3.05, 3.63) is 0 Å². The molecule has 4 heteroatoms. The fourth-order valence-electron chi connectivity index (χ4n) is 1.18. The summed E-state index contributed by atoms with van der Waals surface area (Å²) in [5, 5.41) is 3.11. The predicted molar refractivity (Wildman–Crippen MR) is 71.9 cm³/mol. The van der Waals surface area contributed by atoms with Gasteiger partial charge in [0.2, 0.25) is 5.91 Å². The maximum absolute atomic E-state index is 12.3. The number of carbonyl (C=O) groups is 1. The van der Waals surface area contributed by atoms with E-state index in [1.165, 1.54) is 31.3 Å². The van der Waals surface area contributed by atoms with Gasteiger partial charge in [0.15, 0.2) is 0 Å². The van der Waals surface area contributed by atoms with E-state index in [1.807, 2.05) is 27.7 Å². The van der Waals surface area contributed by atoms with Crippen molar-refractivity contribution in [2.45, 2.75) is 53.6 Å². The molecule has 2 aliphatic rings. The minimum absolute atomic E-state index is 0.0184. The van der Waals surface area contributed by atoms with Crippen LogP contribution in [0.4, 0.5) is 4.39 Å². The van der Waals surface area contributed by atoms with Crippen LogP contribution >= 0.6 is 0 Å². The lowest BCUT2D eigenvalue weighted by Gasteiger charge is -2.10. The Balaban J connectivity index is 0. The first-order chi connectivity index (χ1) is 8.20. The zero-order chi connectivity index (χ0) is 13.7. The van der Waals surface area contributed by atoms with E-state index >= 15 is 0 Å². The number of hydrogen-bond acceptors (Lipinski definition) is 2. The summed E-state index contributed by atoms with van der Waals surface area (Å²) < 4.78 is 12.3. The Labute approximate surface area is 106 Å². The molecule has 2 fully saturated rings. The molecule has 0 aromatic carbocycles. The molecule has 1 atom stereocenters. The number of carbonyl (C=O) groups excluding carboxylic acids is 1. The average Bonchev–Trinajstić information content (AvgIpc) is 2.69. The van der Waals surface area contributed by atoms with E-state index in [2.05, 4.69) is 5.32 Å². The quantitative estimate of drug-likeness (QED) is 0.714. The minimum Gasteiger partial charge on any atom is -0.340 e. The van der Waals surface area contributed by atoms with Crippen molar-refractivity contribution in [3.8, 4) is 0 Å². The monoisotopic (exact) mass is 248 g/mol. The predicted octanol–water partition coefficient (Wildman–Crippen LogP) is 2.61. The molecule has 0 radical (unpaired) electrons. The standard InChI is InChI=1S/C6H10FNO.C3H7N.2C2H6/c1-5(9)8-3-2-6(7)4-8;1-2-4-3-1;2*1-2/h6H,2-4H2,1H3;4H,1-3H2;2*1-2H3. The van der Waals surface area contributed by atoms with Gasteiger partial charge in [0.05, 0.1) is 6.54 Å². The van der Waals surface area contributed by atoms with E-state index in [4.69, 9.17) is 0 Å². The maximum Gasteiger partial charge on any atom is 0.219 e. The molecule has 1 N–H and O–H groups in total. The summed E-state index contributed by atoms with van der Waals surface area (Å²) in [6, 6.07) is 0. The van der Waals surface area contributed by atoms with Crippen molar-refractivity contribution in [3.63, 3.8) is 0 Å². The number of alkyl halides is 1. The molecule has 1 unspecified atom stereocenters. The number of amides is 1. The molecule has 0 spiro atoms. The Hall–Kier alpha value is -0.640. The molecule has 17 heavy (non-hydrogen) atoms. The molecule has 2 saturated heterocycles. The third kappa shape index (κ3) is 10.2. The van der Waals surface area contributed by atoms with Crippen LogP contribution in [-0.2, 0) is 4.79 Å². The lowest BCUT2D eigenvalue weighted by Crippen LogP contribution is -2.29. The highest BCUT2D eigenvalue weighted by molar-refractivity contribution is 5.73. The van der Waals surface area contributed by atoms with Crippen molar-refractivity contribution in [1.82, 2.24) is 10.2 Å². The molecule has 0 saturated carbocycles. The Morgan fingerprint density at radius 2 is 1.65 bits per heavy atom. The summed E-state index contributed by atoms with van der Waals surface area (Å²) in [5.41, 5.74) is 0. The van der Waals surface area contributed by atoms with E-state index in [9.17, 15) is 9.18 Å². The molecule has 3 nitrogen and oxygen atoms in total. The van der Waals surface area contributed by atoms with E-state index in [0.29, 0.717) is 19.5 Å². The number of rotatable bonds is 0. The second-order valence-corrected chi connectivity index (χ2v) is 3.45. The lowest BCUT2D eigenvalue weighted by atomic mass is 10.3. The number of halogens is 1. The van der Waals surface area contributed by atoms with Gasteiger partial charge in [-0.15, -0.1) is 0 Å². The van der Waals surface area contributed by atoms with Crippen molar-refractivity contribution < 1.29 is 9.18 Å². The van der Waals surface area contributed by atoms with Gasteiger partial charge in [0, 0.05) is 13.5 Å². The molecule has 2 aliphatic heterocycles. The van der Waals surface area contributed by atoms with E-state index < -0.39 is 6.17 Å². The zero-order valence-electron chi connectivity index (χ0n) is 12.1. The van der Waals surface area contributed by atoms with E-state index in [1.54, 1.807) is 0 Å². The summed E-state index contributed by atoms with van der Waals surface area (Å²) in [4.78, 5) is 12.1. The molecule has 0 aromatic rings. The van der Waals surface area contributed by atoms with Gasteiger partial charge < -0.3 is 10.2 Å². The van der Waals surface area contributed by atoms with Gasteiger partial charge in [-0.05, 0) is 25.9 Å². The molecule has 1 amide bonds. The second-order valence-electron chi connectivity index (χ2n) is 3.45. The SMILES string of the molecule is C1CNC1.CC.CC.CC(=O)N1CCC(F)C1. The maximum atomic E-state index is 12.3. The summed E-state index contributed by atoms with van der Waals surface area (Å²) >= 11 is 0. The Morgan fingerprint density at radius 3 is 1.76 bits per heavy atom. The third-order valence-electron chi connectivity index (χ3n) is 2.28. The number of likely N-dealkylation sites (tertiary alicyclic amines) is 1. The Morgan fingerprint density at radius 1 is 1.24 bits per heavy atom. The fourth-order valence-corrected chi connectivity index (χ4v) is 1.18. The van der Waals surface area contributed by atoms with E-state index in [0.717, 1.165) is 0 Å². The van der Waals surface area contributed by atoms with Crippen molar-refractivity contribution in [2.24, 2.45) is 0 Å². The van der Waals surface area contributed by atoms with Gasteiger partial charge in [0.25, 0.3) is 0 Å². The van der Waals surface area contributed by atoms with Gasteiger partial charge in [-0.2, -0.15) is 0 Å². The molecule has 0 aromatic heterocycles. The highest BCUT2D eigenvalue weighted by Crippen LogP contribution is 2.11. The highest BCUT2D eigenvalue weighted by atomic mass is 19.1. The Bertz CT molecular complexity index is 169. The highest BCUT2D eigenvalue weighted by Gasteiger charge is 2.22. The second kappa shape index (κ2) is 13.4. The molecular weight excluding hydrogens is 219 g/mol. The number of nitrogens with one attached hydrogen (secondary N) is 1. The number of hydrogen-bond donors (Lipinski definition) is 1. The smallest absolute Gasteiger partial charge is 0.219 e. The molecule has 0 bridgehead atoms. The molecule has 104 valence electrons. The van der Waals surface area contributed by atoms with Crippen LogP contribution in [0.3, 0.4) is 0 Å². The van der Waals surface area contributed by atoms with Crippen LogP contribution in [-0.4, -0.2) is 43.2 Å². The van der Waals surface area contributed by atoms with Gasteiger partial charge in [-0.3, -0.25) is 4.79 Å². The van der Waals surface area contributed by atoms with Crippen LogP contribution in [0.1, 0.15) is 47.5 Å². The van der Waals surface area contributed by atoms with Gasteiger partial charge >= 0.3 is 0 Å². The van der Waals surface area contributed by atoms with Crippen LogP contribution in [0.15, 0.2) is 0 Å². The first-order valence-corrected chi connectivity index (χ1v) is 6.80. The van der Waals surface area contributed by atoms with Crippen LogP contribution < -0.4 is 5.32 Å². The molecule has 2 rings (SSSR count). The van der Waals surface area contributed by atoms with Crippen LogP contribution in [0.25, 0.3) is 0 Å². The Kier molecular flexibility index (Phi) is 14.8. The topological polar surface area (TPSA) is 32.3 Å². The summed E-state index contributed by atoms with van der Waals surface area (Å²) in [6.45, 7) is 12.9. The first-order valence-electron chi connectivity index (χ1n) is 6.80. The van der Waals surface area contributed by atoms with E-state index in [-0.39, 0.29) is 5.91 Å². The lowest BCUT2D eigenvalue weighted by molar-refractivity contribution is -0.127. The van der Waals surface area contributed by atoms with Crippen LogP contribution in [0, 0.1) is 0 Å². The molecular formula is C13H29FN2O. The number of nitrogens with zero attached hydrogens (tertiary/aromatic N) is 1. The normalized spacial score (nSPS) is 20.6.